The van der Waals surface area contributed by atoms with Gasteiger partial charge in [0, 0.05) is 17.4 Å². The average Bonchev–Trinajstić information content (AvgIpc) is 3.04. The molecule has 0 bridgehead atoms. The van der Waals surface area contributed by atoms with Gasteiger partial charge in [0.2, 0.25) is 5.91 Å². The Bertz CT molecular complexity index is 940. The first kappa shape index (κ1) is 20.9. The van der Waals surface area contributed by atoms with Crippen molar-refractivity contribution in [2.75, 3.05) is 16.4 Å². The zero-order valence-corrected chi connectivity index (χ0v) is 17.7. The first-order valence-corrected chi connectivity index (χ1v) is 11.9. The van der Waals surface area contributed by atoms with Crippen LogP contribution in [0, 0.1) is 6.92 Å². The third kappa shape index (κ3) is 4.25. The van der Waals surface area contributed by atoms with Gasteiger partial charge in [0.25, 0.3) is 0 Å². The maximum Gasteiger partial charge on any atom is 0.303 e. The second-order valence-corrected chi connectivity index (χ2v) is 10.9. The summed E-state index contributed by atoms with van der Waals surface area (Å²) in [6.45, 7) is 6.10. The van der Waals surface area contributed by atoms with E-state index >= 15 is 0 Å². The molecule has 0 aromatic heterocycles. The summed E-state index contributed by atoms with van der Waals surface area (Å²) in [7, 11) is -3.15. The van der Waals surface area contributed by atoms with Crippen molar-refractivity contribution in [1.29, 1.82) is 0 Å². The molecule has 0 spiro atoms. The fraction of sp³-hybridized carbons (Fsp3) is 0.526. The molecular weight excluding hydrogens is 400 g/mol. The zero-order chi connectivity index (χ0) is 20.6. The Labute approximate surface area is 169 Å². The highest BCUT2D eigenvalue weighted by atomic mass is 32.2. The minimum atomic E-state index is -3.15. The molecule has 0 radical (unpaired) electrons. The van der Waals surface area contributed by atoms with E-state index in [1.165, 1.54) is 11.8 Å². The Morgan fingerprint density at radius 2 is 2.00 bits per heavy atom. The van der Waals surface area contributed by atoms with Crippen LogP contribution in [-0.4, -0.2) is 53.4 Å². The highest BCUT2D eigenvalue weighted by Crippen LogP contribution is 2.44. The number of amidine groups is 1. The number of para-hydroxylation sites is 1. The molecule has 3 rings (SSSR count). The Hall–Kier alpha value is -1.87. The van der Waals surface area contributed by atoms with Gasteiger partial charge < -0.3 is 10.0 Å². The van der Waals surface area contributed by atoms with Gasteiger partial charge >= 0.3 is 5.97 Å². The third-order valence-electron chi connectivity index (χ3n) is 4.97. The minimum absolute atomic E-state index is 0.0267. The molecule has 0 aliphatic carbocycles. The monoisotopic (exact) mass is 424 g/mol. The number of anilines is 1. The largest absolute Gasteiger partial charge is 0.481 e. The molecule has 1 amide bonds. The molecular formula is C19H24N2O5S2. The smallest absolute Gasteiger partial charge is 0.303 e. The number of sulfone groups is 1. The predicted octanol–water partition coefficient (Wildman–Crippen LogP) is 2.58. The van der Waals surface area contributed by atoms with E-state index in [2.05, 4.69) is 18.8 Å². The summed E-state index contributed by atoms with van der Waals surface area (Å²) < 4.78 is 24.4. The van der Waals surface area contributed by atoms with Gasteiger partial charge in [-0.1, -0.05) is 43.8 Å². The predicted molar refractivity (Wildman–Crippen MR) is 111 cm³/mol. The van der Waals surface area contributed by atoms with E-state index in [0.29, 0.717) is 5.17 Å². The summed E-state index contributed by atoms with van der Waals surface area (Å²) in [6, 6.07) is 5.67. The average molecular weight is 425 g/mol. The number of carbonyl (C=O) groups is 2. The van der Waals surface area contributed by atoms with Gasteiger partial charge in [-0.15, -0.1) is 0 Å². The number of hydrogen-bond donors (Lipinski definition) is 1. The lowest BCUT2D eigenvalue weighted by Crippen LogP contribution is -2.39. The van der Waals surface area contributed by atoms with E-state index in [0.717, 1.165) is 16.8 Å². The van der Waals surface area contributed by atoms with Crippen molar-refractivity contribution in [3.8, 4) is 0 Å². The van der Waals surface area contributed by atoms with Crippen LogP contribution in [0.2, 0.25) is 0 Å². The molecule has 1 N–H and O–H groups in total. The van der Waals surface area contributed by atoms with Crippen LogP contribution in [0.25, 0.3) is 0 Å². The number of aliphatic imine (C=N–C) groups is 1. The van der Waals surface area contributed by atoms with E-state index in [-0.39, 0.29) is 41.6 Å². The van der Waals surface area contributed by atoms with Crippen LogP contribution in [0.5, 0.6) is 0 Å². The van der Waals surface area contributed by atoms with Gasteiger partial charge in [0.15, 0.2) is 15.0 Å². The number of nitrogens with zero attached hydrogens (tertiary/aromatic N) is 2. The first-order valence-electron chi connectivity index (χ1n) is 9.18. The molecule has 152 valence electrons. The Morgan fingerprint density at radius 1 is 1.29 bits per heavy atom. The van der Waals surface area contributed by atoms with Crippen LogP contribution in [0.3, 0.4) is 0 Å². The SMILES string of the molecule is Cc1cccc(C(C)C)c1N1C(=NC(=O)CCC(=O)O)SC2CS(=O)(=O)CC21. The van der Waals surface area contributed by atoms with Crippen LogP contribution in [0.1, 0.15) is 43.7 Å². The molecule has 1 aromatic rings. The lowest BCUT2D eigenvalue weighted by molar-refractivity contribution is -0.138. The molecule has 2 aliphatic heterocycles. The highest BCUT2D eigenvalue weighted by molar-refractivity contribution is 8.16. The maximum atomic E-state index is 12.2. The van der Waals surface area contributed by atoms with Crippen molar-refractivity contribution in [3.63, 3.8) is 0 Å². The van der Waals surface area contributed by atoms with Crippen molar-refractivity contribution < 1.29 is 23.1 Å². The molecule has 2 aliphatic rings. The maximum absolute atomic E-state index is 12.2. The number of benzene rings is 1. The summed E-state index contributed by atoms with van der Waals surface area (Å²) in [5, 5.41) is 9.08. The second-order valence-electron chi connectivity index (χ2n) is 7.52. The van der Waals surface area contributed by atoms with E-state index in [9.17, 15) is 18.0 Å². The number of carboxylic acid groups (broad SMARTS) is 1. The van der Waals surface area contributed by atoms with Crippen molar-refractivity contribution in [1.82, 2.24) is 0 Å². The van der Waals surface area contributed by atoms with E-state index in [1.807, 2.05) is 30.0 Å². The van der Waals surface area contributed by atoms with Gasteiger partial charge in [-0.25, -0.2) is 8.42 Å². The minimum Gasteiger partial charge on any atom is -0.481 e. The number of rotatable bonds is 5. The van der Waals surface area contributed by atoms with E-state index in [4.69, 9.17) is 5.11 Å². The molecule has 2 fully saturated rings. The molecule has 1 aromatic carbocycles. The summed E-state index contributed by atoms with van der Waals surface area (Å²) >= 11 is 1.31. The number of thioether (sulfide) groups is 1. The van der Waals surface area contributed by atoms with Crippen molar-refractivity contribution in [2.45, 2.75) is 50.8 Å². The molecule has 2 heterocycles. The van der Waals surface area contributed by atoms with Crippen molar-refractivity contribution in [3.05, 3.63) is 29.3 Å². The number of carboxylic acids is 1. The fourth-order valence-corrected chi connectivity index (χ4v) is 7.60. The summed E-state index contributed by atoms with van der Waals surface area (Å²) in [5.41, 5.74) is 2.96. The van der Waals surface area contributed by atoms with E-state index in [1.54, 1.807) is 0 Å². The van der Waals surface area contributed by atoms with Crippen LogP contribution >= 0.6 is 11.8 Å². The molecule has 9 heteroatoms. The van der Waals surface area contributed by atoms with E-state index < -0.39 is 21.7 Å². The molecule has 0 saturated carbocycles. The van der Waals surface area contributed by atoms with Gasteiger partial charge in [-0.2, -0.15) is 4.99 Å². The van der Waals surface area contributed by atoms with Gasteiger partial charge in [0.05, 0.1) is 24.0 Å². The molecule has 7 nitrogen and oxygen atoms in total. The lowest BCUT2D eigenvalue weighted by atomic mass is 9.96. The normalized spacial score (nSPS) is 24.7. The Morgan fingerprint density at radius 3 is 2.64 bits per heavy atom. The zero-order valence-electron chi connectivity index (χ0n) is 16.1. The van der Waals surface area contributed by atoms with Crippen molar-refractivity contribution >= 4 is 44.3 Å². The summed E-state index contributed by atoms with van der Waals surface area (Å²) in [5.74, 6) is -1.25. The molecule has 2 atom stereocenters. The van der Waals surface area contributed by atoms with Gasteiger partial charge in [-0.3, -0.25) is 9.59 Å². The Balaban J connectivity index is 2.05. The summed E-state index contributed by atoms with van der Waals surface area (Å²) in [4.78, 5) is 29.1. The van der Waals surface area contributed by atoms with Crippen LogP contribution in [0.4, 0.5) is 5.69 Å². The number of carbonyl (C=O) groups excluding carboxylic acids is 1. The number of hydrogen-bond acceptors (Lipinski definition) is 5. The Kier molecular flexibility index (Phi) is 5.86. The summed E-state index contributed by atoms with van der Waals surface area (Å²) in [6.07, 6.45) is -0.450. The highest BCUT2D eigenvalue weighted by Gasteiger charge is 2.50. The quantitative estimate of drug-likeness (QED) is 0.775. The van der Waals surface area contributed by atoms with Gasteiger partial charge in [0.1, 0.15) is 0 Å². The van der Waals surface area contributed by atoms with Crippen LogP contribution in [-0.2, 0) is 19.4 Å². The second kappa shape index (κ2) is 7.87. The number of aryl methyl sites for hydroxylation is 1. The molecule has 2 unspecified atom stereocenters. The number of aliphatic carboxylic acids is 1. The van der Waals surface area contributed by atoms with Crippen LogP contribution < -0.4 is 4.90 Å². The van der Waals surface area contributed by atoms with Crippen LogP contribution in [0.15, 0.2) is 23.2 Å². The lowest BCUT2D eigenvalue weighted by Gasteiger charge is -2.29. The molecule has 28 heavy (non-hydrogen) atoms. The number of amides is 1. The molecule has 2 saturated heterocycles. The first-order chi connectivity index (χ1) is 13.1. The van der Waals surface area contributed by atoms with Gasteiger partial charge in [-0.05, 0) is 24.0 Å². The fourth-order valence-electron chi connectivity index (χ4n) is 3.68. The number of fused-ring (bicyclic) bond motifs is 1. The standard InChI is InChI=1S/C19H24N2O5S2/c1-11(2)13-6-4-5-12(3)18(13)21-14-9-28(25,26)10-15(14)27-19(21)20-16(22)7-8-17(23)24/h4-6,11,14-15H,7-10H2,1-3H3,(H,23,24). The third-order valence-corrected chi connectivity index (χ3v) is 8.18. The topological polar surface area (TPSA) is 104 Å². The van der Waals surface area contributed by atoms with Crippen molar-refractivity contribution in [2.24, 2.45) is 4.99 Å².